The molecule has 0 amide bonds. The van der Waals surface area contributed by atoms with E-state index in [0.717, 1.165) is 11.4 Å². The molecule has 3 heteroatoms. The van der Waals surface area contributed by atoms with Crippen molar-refractivity contribution in [2.45, 2.75) is 26.9 Å². The molecule has 0 saturated heterocycles. The van der Waals surface area contributed by atoms with Gasteiger partial charge in [0.15, 0.2) is 0 Å². The van der Waals surface area contributed by atoms with Crippen LogP contribution in [0.5, 0.6) is 0 Å². The average Bonchev–Trinajstić information content (AvgIpc) is 2.32. The Hall–Kier alpha value is -1.74. The van der Waals surface area contributed by atoms with E-state index in [2.05, 4.69) is 4.98 Å². The minimum atomic E-state index is -0.840. The van der Waals surface area contributed by atoms with Gasteiger partial charge in [0, 0.05) is 17.0 Å². The summed E-state index contributed by atoms with van der Waals surface area (Å²) in [6.07, 6.45) is -0.840. The molecule has 0 fully saturated rings. The average molecular weight is 245 g/mol. The molecular formula is C15H16FNO. The second kappa shape index (κ2) is 4.86. The van der Waals surface area contributed by atoms with Gasteiger partial charge in [-0.05, 0) is 44.0 Å². The first-order valence-corrected chi connectivity index (χ1v) is 5.87. The summed E-state index contributed by atoms with van der Waals surface area (Å²) in [5.41, 5.74) is 3.50. The Morgan fingerprint density at radius 3 is 2.44 bits per heavy atom. The van der Waals surface area contributed by atoms with E-state index in [1.54, 1.807) is 19.1 Å². The van der Waals surface area contributed by atoms with Crippen molar-refractivity contribution >= 4 is 0 Å². The minimum Gasteiger partial charge on any atom is -0.384 e. The monoisotopic (exact) mass is 245 g/mol. The molecule has 0 bridgehead atoms. The quantitative estimate of drug-likeness (QED) is 0.881. The van der Waals surface area contributed by atoms with Gasteiger partial charge in [0.1, 0.15) is 11.9 Å². The molecule has 0 saturated carbocycles. The smallest absolute Gasteiger partial charge is 0.126 e. The Bertz CT molecular complexity index is 581. The van der Waals surface area contributed by atoms with E-state index in [0.29, 0.717) is 16.7 Å². The first kappa shape index (κ1) is 12.7. The number of rotatable bonds is 2. The lowest BCUT2D eigenvalue weighted by molar-refractivity contribution is 0.218. The van der Waals surface area contributed by atoms with Crippen molar-refractivity contribution in [3.8, 4) is 0 Å². The zero-order valence-corrected chi connectivity index (χ0v) is 10.7. The number of halogens is 1. The highest BCUT2D eigenvalue weighted by Gasteiger charge is 2.14. The van der Waals surface area contributed by atoms with Gasteiger partial charge in [0.05, 0.1) is 0 Å². The Morgan fingerprint density at radius 2 is 1.83 bits per heavy atom. The van der Waals surface area contributed by atoms with Crippen molar-refractivity contribution in [1.29, 1.82) is 0 Å². The van der Waals surface area contributed by atoms with Gasteiger partial charge in [-0.1, -0.05) is 18.2 Å². The van der Waals surface area contributed by atoms with Crippen molar-refractivity contribution in [3.63, 3.8) is 0 Å². The number of aliphatic hydroxyl groups excluding tert-OH is 1. The van der Waals surface area contributed by atoms with Crippen molar-refractivity contribution in [3.05, 3.63) is 64.2 Å². The molecule has 1 aromatic heterocycles. The van der Waals surface area contributed by atoms with Gasteiger partial charge < -0.3 is 5.11 Å². The van der Waals surface area contributed by atoms with Crippen LogP contribution in [0.4, 0.5) is 4.39 Å². The van der Waals surface area contributed by atoms with Crippen molar-refractivity contribution in [2.24, 2.45) is 0 Å². The molecule has 2 aromatic rings. The van der Waals surface area contributed by atoms with Crippen LogP contribution in [0.15, 0.2) is 30.3 Å². The summed E-state index contributed by atoms with van der Waals surface area (Å²) in [6.45, 7) is 5.44. The SMILES string of the molecule is Cc1ccc(C(O)c2ccc(C)c(F)c2)c(C)n1. The summed E-state index contributed by atoms with van der Waals surface area (Å²) in [4.78, 5) is 4.31. The van der Waals surface area contributed by atoms with Gasteiger partial charge in [0.25, 0.3) is 0 Å². The predicted molar refractivity (Wildman–Crippen MR) is 68.9 cm³/mol. The van der Waals surface area contributed by atoms with Crippen LogP contribution < -0.4 is 0 Å². The lowest BCUT2D eigenvalue weighted by atomic mass is 9.99. The highest BCUT2D eigenvalue weighted by molar-refractivity contribution is 5.34. The van der Waals surface area contributed by atoms with Crippen LogP contribution in [-0.2, 0) is 0 Å². The zero-order chi connectivity index (χ0) is 13.3. The molecule has 18 heavy (non-hydrogen) atoms. The lowest BCUT2D eigenvalue weighted by Gasteiger charge is -2.14. The molecular weight excluding hydrogens is 229 g/mol. The Kier molecular flexibility index (Phi) is 3.43. The molecule has 0 aliphatic rings. The summed E-state index contributed by atoms with van der Waals surface area (Å²) < 4.78 is 13.5. The van der Waals surface area contributed by atoms with Crippen molar-refractivity contribution in [2.75, 3.05) is 0 Å². The fourth-order valence-electron chi connectivity index (χ4n) is 1.95. The summed E-state index contributed by atoms with van der Waals surface area (Å²) in [7, 11) is 0. The summed E-state index contributed by atoms with van der Waals surface area (Å²) in [5, 5.41) is 10.3. The molecule has 0 aliphatic heterocycles. The van der Waals surface area contributed by atoms with Gasteiger partial charge in [0.2, 0.25) is 0 Å². The molecule has 0 radical (unpaired) electrons. The molecule has 1 unspecified atom stereocenters. The number of hydrogen-bond acceptors (Lipinski definition) is 2. The van der Waals surface area contributed by atoms with Gasteiger partial charge >= 0.3 is 0 Å². The van der Waals surface area contributed by atoms with Crippen LogP contribution in [0.2, 0.25) is 0 Å². The first-order chi connectivity index (χ1) is 8.49. The van der Waals surface area contributed by atoms with E-state index >= 15 is 0 Å². The third-order valence-corrected chi connectivity index (χ3v) is 3.07. The molecule has 1 aromatic carbocycles. The van der Waals surface area contributed by atoms with Crippen LogP contribution in [0.3, 0.4) is 0 Å². The molecule has 1 heterocycles. The minimum absolute atomic E-state index is 0.302. The number of aryl methyl sites for hydroxylation is 3. The molecule has 0 spiro atoms. The Balaban J connectivity index is 2.41. The fraction of sp³-hybridized carbons (Fsp3) is 0.267. The Morgan fingerprint density at radius 1 is 1.11 bits per heavy atom. The van der Waals surface area contributed by atoms with Crippen LogP contribution >= 0.6 is 0 Å². The van der Waals surface area contributed by atoms with E-state index < -0.39 is 6.10 Å². The van der Waals surface area contributed by atoms with Crippen molar-refractivity contribution in [1.82, 2.24) is 4.98 Å². The first-order valence-electron chi connectivity index (χ1n) is 5.87. The van der Waals surface area contributed by atoms with E-state index in [-0.39, 0.29) is 5.82 Å². The van der Waals surface area contributed by atoms with E-state index in [4.69, 9.17) is 0 Å². The summed E-state index contributed by atoms with van der Waals surface area (Å²) in [6, 6.07) is 8.46. The van der Waals surface area contributed by atoms with E-state index in [1.807, 2.05) is 26.0 Å². The summed E-state index contributed by atoms with van der Waals surface area (Å²) in [5.74, 6) is -0.302. The number of benzene rings is 1. The number of pyridine rings is 1. The van der Waals surface area contributed by atoms with E-state index in [1.165, 1.54) is 6.07 Å². The summed E-state index contributed by atoms with van der Waals surface area (Å²) >= 11 is 0. The molecule has 1 atom stereocenters. The van der Waals surface area contributed by atoms with E-state index in [9.17, 15) is 9.50 Å². The van der Waals surface area contributed by atoms with Crippen LogP contribution in [0.1, 0.15) is 34.2 Å². The highest BCUT2D eigenvalue weighted by Crippen LogP contribution is 2.25. The second-order valence-electron chi connectivity index (χ2n) is 4.54. The van der Waals surface area contributed by atoms with Gasteiger partial charge in [-0.2, -0.15) is 0 Å². The second-order valence-corrected chi connectivity index (χ2v) is 4.54. The maximum Gasteiger partial charge on any atom is 0.126 e. The van der Waals surface area contributed by atoms with Crippen LogP contribution in [0.25, 0.3) is 0 Å². The highest BCUT2D eigenvalue weighted by atomic mass is 19.1. The van der Waals surface area contributed by atoms with Gasteiger partial charge in [-0.25, -0.2) is 4.39 Å². The molecule has 2 rings (SSSR count). The molecule has 94 valence electrons. The molecule has 1 N–H and O–H groups in total. The third kappa shape index (κ3) is 2.41. The van der Waals surface area contributed by atoms with Crippen LogP contribution in [0, 0.1) is 26.6 Å². The van der Waals surface area contributed by atoms with Gasteiger partial charge in [-0.15, -0.1) is 0 Å². The number of hydrogen-bond donors (Lipinski definition) is 1. The number of nitrogens with zero attached hydrogens (tertiary/aromatic N) is 1. The standard InChI is InChI=1S/C15H16FNO/c1-9-4-6-12(8-14(9)16)15(18)13-7-5-10(2)17-11(13)3/h4-8,15,18H,1-3H3. The Labute approximate surface area is 106 Å². The largest absolute Gasteiger partial charge is 0.384 e. The lowest BCUT2D eigenvalue weighted by Crippen LogP contribution is -2.04. The normalized spacial score (nSPS) is 12.5. The number of aromatic nitrogens is 1. The maximum absolute atomic E-state index is 13.5. The van der Waals surface area contributed by atoms with Crippen LogP contribution in [-0.4, -0.2) is 10.1 Å². The zero-order valence-electron chi connectivity index (χ0n) is 10.7. The molecule has 0 aliphatic carbocycles. The van der Waals surface area contributed by atoms with Gasteiger partial charge in [-0.3, -0.25) is 4.98 Å². The number of aliphatic hydroxyl groups is 1. The van der Waals surface area contributed by atoms with Crippen molar-refractivity contribution < 1.29 is 9.50 Å². The predicted octanol–water partition coefficient (Wildman–Crippen LogP) is 3.23. The maximum atomic E-state index is 13.5. The topological polar surface area (TPSA) is 33.1 Å². The molecule has 2 nitrogen and oxygen atoms in total. The fourth-order valence-corrected chi connectivity index (χ4v) is 1.95. The third-order valence-electron chi connectivity index (χ3n) is 3.07.